The van der Waals surface area contributed by atoms with E-state index in [1.807, 2.05) is 13.8 Å². The molecule has 6 heteroatoms. The summed E-state index contributed by atoms with van der Waals surface area (Å²) >= 11 is 0. The van der Waals surface area contributed by atoms with Crippen LogP contribution in [0.5, 0.6) is 0 Å². The molecule has 0 spiro atoms. The highest BCUT2D eigenvalue weighted by molar-refractivity contribution is 5.83. The maximum absolute atomic E-state index is 13.1. The van der Waals surface area contributed by atoms with Gasteiger partial charge in [-0.1, -0.05) is 19.0 Å². The Morgan fingerprint density at radius 2 is 1.79 bits per heavy atom. The molecule has 0 aliphatic heterocycles. The van der Waals surface area contributed by atoms with Crippen molar-refractivity contribution < 1.29 is 9.32 Å². The molecule has 4 aliphatic carbocycles. The topological polar surface area (TPSA) is 88.0 Å². The number of carbonyl (C=O) groups excluding carboxylic acids is 1. The fourth-order valence-electron chi connectivity index (χ4n) is 5.83. The summed E-state index contributed by atoms with van der Waals surface area (Å²) < 4.78 is 4.61. The van der Waals surface area contributed by atoms with Crippen molar-refractivity contribution >= 4 is 5.91 Å². The second-order valence-electron chi connectivity index (χ2n) is 8.78. The largest absolute Gasteiger partial charge is 0.438 e. The molecule has 24 heavy (non-hydrogen) atoms. The standard InChI is InChI=1S/C18H27N3O3/c1-9(2)14(15-19-17(23)24-21-15)16(22)20-18(3)12-5-10-4-11(7-12)8-13(18)6-10/h9-14H,4-8H2,1-3H3,(H,20,22)(H,19,21,23). The SMILES string of the molecule is CC(C)C(C(=O)NC1(C)C2CC3CC(C2)CC1C3)c1noc(=O)[nH]1. The van der Waals surface area contributed by atoms with Gasteiger partial charge in [-0.25, -0.2) is 4.79 Å². The Kier molecular flexibility index (Phi) is 3.62. The molecular formula is C18H27N3O3. The second kappa shape index (κ2) is 5.46. The highest BCUT2D eigenvalue weighted by atomic mass is 16.5. The predicted octanol–water partition coefficient (Wildman–Crippen LogP) is 2.43. The summed E-state index contributed by atoms with van der Waals surface area (Å²) in [6.45, 7) is 6.17. The van der Waals surface area contributed by atoms with Crippen molar-refractivity contribution in [1.82, 2.24) is 15.5 Å². The van der Waals surface area contributed by atoms with E-state index in [4.69, 9.17) is 0 Å². The molecule has 1 heterocycles. The van der Waals surface area contributed by atoms with Gasteiger partial charge in [0.25, 0.3) is 0 Å². The minimum absolute atomic E-state index is 0.0335. The first kappa shape index (κ1) is 15.9. The normalized spacial score (nSPS) is 38.5. The number of carbonyl (C=O) groups is 1. The summed E-state index contributed by atoms with van der Waals surface area (Å²) in [6.07, 6.45) is 6.38. The maximum atomic E-state index is 13.1. The van der Waals surface area contributed by atoms with Gasteiger partial charge in [0.2, 0.25) is 5.91 Å². The minimum atomic E-state index is -0.607. The molecule has 1 aromatic heterocycles. The third kappa shape index (κ3) is 2.42. The van der Waals surface area contributed by atoms with Crippen LogP contribution in [0.15, 0.2) is 9.32 Å². The van der Waals surface area contributed by atoms with E-state index in [-0.39, 0.29) is 17.4 Å². The molecule has 1 amide bonds. The third-order valence-electron chi connectivity index (χ3n) is 6.93. The van der Waals surface area contributed by atoms with Crippen molar-refractivity contribution in [3.8, 4) is 0 Å². The maximum Gasteiger partial charge on any atom is 0.438 e. The van der Waals surface area contributed by atoms with Crippen LogP contribution in [0.2, 0.25) is 0 Å². The van der Waals surface area contributed by atoms with E-state index >= 15 is 0 Å². The molecule has 4 saturated carbocycles. The summed E-state index contributed by atoms with van der Waals surface area (Å²) in [5.41, 5.74) is -0.123. The Hall–Kier alpha value is -1.59. The molecular weight excluding hydrogens is 306 g/mol. The van der Waals surface area contributed by atoms with Crippen LogP contribution in [0.3, 0.4) is 0 Å². The van der Waals surface area contributed by atoms with Gasteiger partial charge in [0.05, 0.1) is 0 Å². The number of H-pyrrole nitrogens is 1. The summed E-state index contributed by atoms with van der Waals surface area (Å²) in [4.78, 5) is 26.9. The monoisotopic (exact) mass is 333 g/mol. The van der Waals surface area contributed by atoms with Gasteiger partial charge in [0.15, 0.2) is 5.82 Å². The van der Waals surface area contributed by atoms with Crippen molar-refractivity contribution in [1.29, 1.82) is 0 Å². The van der Waals surface area contributed by atoms with Crippen molar-refractivity contribution in [2.45, 2.75) is 64.3 Å². The van der Waals surface area contributed by atoms with Crippen molar-refractivity contribution in [2.24, 2.45) is 29.6 Å². The minimum Gasteiger partial charge on any atom is -0.350 e. The zero-order valence-electron chi connectivity index (χ0n) is 14.7. The van der Waals surface area contributed by atoms with Gasteiger partial charge < -0.3 is 5.32 Å². The first-order valence-corrected chi connectivity index (χ1v) is 9.24. The number of nitrogens with one attached hydrogen (secondary N) is 2. The Bertz CT molecular complexity index is 662. The fraction of sp³-hybridized carbons (Fsp3) is 0.833. The average Bonchev–Trinajstić information content (AvgIpc) is 2.90. The lowest BCUT2D eigenvalue weighted by Crippen LogP contribution is -2.65. The number of aromatic amines is 1. The average molecular weight is 333 g/mol. The van der Waals surface area contributed by atoms with E-state index in [9.17, 15) is 9.59 Å². The van der Waals surface area contributed by atoms with Crippen molar-refractivity contribution in [3.05, 3.63) is 16.4 Å². The van der Waals surface area contributed by atoms with Crippen LogP contribution in [-0.4, -0.2) is 21.6 Å². The molecule has 132 valence electrons. The van der Waals surface area contributed by atoms with Crippen molar-refractivity contribution in [3.63, 3.8) is 0 Å². The lowest BCUT2D eigenvalue weighted by atomic mass is 9.49. The molecule has 1 atom stereocenters. The quantitative estimate of drug-likeness (QED) is 0.886. The number of rotatable bonds is 4. The zero-order chi connectivity index (χ0) is 17.1. The van der Waals surface area contributed by atoms with E-state index < -0.39 is 11.7 Å². The molecule has 0 radical (unpaired) electrons. The van der Waals surface area contributed by atoms with Gasteiger partial charge in [0, 0.05) is 5.54 Å². The van der Waals surface area contributed by atoms with Gasteiger partial charge in [-0.05, 0) is 68.6 Å². The van der Waals surface area contributed by atoms with Crippen LogP contribution in [0, 0.1) is 29.6 Å². The first-order valence-electron chi connectivity index (χ1n) is 9.24. The first-order chi connectivity index (χ1) is 11.4. The molecule has 1 unspecified atom stereocenters. The molecule has 4 fully saturated rings. The summed E-state index contributed by atoms with van der Waals surface area (Å²) in [5.74, 6) is 2.14. The third-order valence-corrected chi connectivity index (χ3v) is 6.93. The van der Waals surface area contributed by atoms with Crippen LogP contribution in [0.4, 0.5) is 0 Å². The van der Waals surface area contributed by atoms with Crippen LogP contribution >= 0.6 is 0 Å². The number of hydrogen-bond donors (Lipinski definition) is 2. The fourth-order valence-corrected chi connectivity index (χ4v) is 5.83. The molecule has 4 bridgehead atoms. The summed E-state index contributed by atoms with van der Waals surface area (Å²) in [5, 5.41) is 7.15. The Morgan fingerprint density at radius 3 is 2.25 bits per heavy atom. The Labute approximate surface area is 141 Å². The van der Waals surface area contributed by atoms with Crippen LogP contribution in [-0.2, 0) is 4.79 Å². The van der Waals surface area contributed by atoms with E-state index in [0.29, 0.717) is 17.7 Å². The van der Waals surface area contributed by atoms with E-state index in [0.717, 1.165) is 11.8 Å². The number of nitrogens with zero attached hydrogens (tertiary/aromatic N) is 1. The second-order valence-corrected chi connectivity index (χ2v) is 8.78. The molecule has 0 aromatic carbocycles. The van der Waals surface area contributed by atoms with Crippen molar-refractivity contribution in [2.75, 3.05) is 0 Å². The van der Waals surface area contributed by atoms with Crippen LogP contribution in [0.25, 0.3) is 0 Å². The predicted molar refractivity (Wildman–Crippen MR) is 88.3 cm³/mol. The number of aromatic nitrogens is 2. The molecule has 5 rings (SSSR count). The molecule has 2 N–H and O–H groups in total. The molecule has 4 aliphatic rings. The van der Waals surface area contributed by atoms with Gasteiger partial charge >= 0.3 is 5.76 Å². The van der Waals surface area contributed by atoms with Gasteiger partial charge in [-0.15, -0.1) is 0 Å². The number of amides is 1. The highest BCUT2D eigenvalue weighted by Crippen LogP contribution is 2.58. The lowest BCUT2D eigenvalue weighted by Gasteiger charge is -2.60. The highest BCUT2D eigenvalue weighted by Gasteiger charge is 2.55. The van der Waals surface area contributed by atoms with Gasteiger partial charge in [-0.2, -0.15) is 0 Å². The Morgan fingerprint density at radius 1 is 1.21 bits per heavy atom. The van der Waals surface area contributed by atoms with Gasteiger partial charge in [0.1, 0.15) is 5.92 Å². The number of hydrogen-bond acceptors (Lipinski definition) is 4. The van der Waals surface area contributed by atoms with Crippen LogP contribution < -0.4 is 11.1 Å². The van der Waals surface area contributed by atoms with Crippen LogP contribution in [0.1, 0.15) is 64.6 Å². The van der Waals surface area contributed by atoms with Gasteiger partial charge in [-0.3, -0.25) is 14.3 Å². The molecule has 6 nitrogen and oxygen atoms in total. The summed E-state index contributed by atoms with van der Waals surface area (Å²) in [7, 11) is 0. The molecule has 1 aromatic rings. The smallest absolute Gasteiger partial charge is 0.350 e. The Balaban J connectivity index is 1.57. The van der Waals surface area contributed by atoms with E-state index in [1.165, 1.54) is 32.1 Å². The van der Waals surface area contributed by atoms with E-state index in [2.05, 4.69) is 26.9 Å². The molecule has 0 saturated heterocycles. The van der Waals surface area contributed by atoms with E-state index in [1.54, 1.807) is 0 Å². The lowest BCUT2D eigenvalue weighted by molar-refractivity contribution is -0.133. The summed E-state index contributed by atoms with van der Waals surface area (Å²) in [6, 6.07) is 0. The zero-order valence-corrected chi connectivity index (χ0v) is 14.7.